The number of hydrogen-bond acceptors (Lipinski definition) is 6. The van der Waals surface area contributed by atoms with Crippen molar-refractivity contribution in [2.75, 3.05) is 7.05 Å². The van der Waals surface area contributed by atoms with Gasteiger partial charge in [-0.15, -0.1) is 0 Å². The van der Waals surface area contributed by atoms with Crippen LogP contribution in [0.3, 0.4) is 0 Å². The van der Waals surface area contributed by atoms with E-state index in [-0.39, 0.29) is 17.3 Å². The van der Waals surface area contributed by atoms with E-state index in [2.05, 4.69) is 31.7 Å². The van der Waals surface area contributed by atoms with Crippen LogP contribution in [0.4, 0.5) is 0 Å². The van der Waals surface area contributed by atoms with Gasteiger partial charge in [0.1, 0.15) is 11.8 Å². The molecule has 27 heavy (non-hydrogen) atoms. The maximum atomic E-state index is 11.4. The number of rotatable bonds is 7. The third-order valence-electron chi connectivity index (χ3n) is 3.38. The highest BCUT2D eigenvalue weighted by Crippen LogP contribution is 2.11. The van der Waals surface area contributed by atoms with Gasteiger partial charge in [-0.05, 0) is 56.0 Å². The summed E-state index contributed by atoms with van der Waals surface area (Å²) in [4.78, 5) is 11.4. The zero-order valence-electron chi connectivity index (χ0n) is 15.1. The van der Waals surface area contributed by atoms with Crippen LogP contribution in [0, 0.1) is 0 Å². The van der Waals surface area contributed by atoms with Crippen molar-refractivity contribution < 1.29 is 15.0 Å². The highest BCUT2D eigenvalue weighted by atomic mass is 32.1. The highest BCUT2D eigenvalue weighted by Gasteiger charge is 2.19. The van der Waals surface area contributed by atoms with Crippen LogP contribution >= 0.6 is 24.4 Å². The third-order valence-corrected chi connectivity index (χ3v) is 3.89. The van der Waals surface area contributed by atoms with Crippen molar-refractivity contribution in [2.45, 2.75) is 26.3 Å². The second-order valence-electron chi connectivity index (χ2n) is 5.43. The first-order valence-corrected chi connectivity index (χ1v) is 8.68. The fourth-order valence-electron chi connectivity index (χ4n) is 1.75. The molecule has 9 nitrogen and oxygen atoms in total. The molecule has 1 aromatic carbocycles. The molecule has 0 bridgehead atoms. The summed E-state index contributed by atoms with van der Waals surface area (Å²) in [6.45, 7) is 3.44. The smallest absolute Gasteiger partial charge is 0.326 e. The third kappa shape index (κ3) is 8.42. The molecular weight excluding hydrogens is 388 g/mol. The highest BCUT2D eigenvalue weighted by molar-refractivity contribution is 7.80. The molecule has 11 heteroatoms. The number of phenolic OH excluding ortho intramolecular Hbond substituents is 1. The van der Waals surface area contributed by atoms with Gasteiger partial charge in [0.05, 0.1) is 11.4 Å². The molecule has 0 amide bonds. The van der Waals surface area contributed by atoms with Crippen molar-refractivity contribution in [2.24, 2.45) is 10.2 Å². The topological polar surface area (TPSA) is 130 Å². The Bertz CT molecular complexity index is 749. The van der Waals surface area contributed by atoms with Crippen LogP contribution in [0.25, 0.3) is 0 Å². The number of carboxylic acid groups (broad SMARTS) is 1. The maximum Gasteiger partial charge on any atom is 0.326 e. The van der Waals surface area contributed by atoms with E-state index in [0.29, 0.717) is 16.5 Å². The van der Waals surface area contributed by atoms with Gasteiger partial charge >= 0.3 is 5.97 Å². The predicted molar refractivity (Wildman–Crippen MR) is 113 cm³/mol. The summed E-state index contributed by atoms with van der Waals surface area (Å²) in [5.74, 6) is -0.946. The average Bonchev–Trinajstić information content (AvgIpc) is 2.64. The van der Waals surface area contributed by atoms with Gasteiger partial charge in [-0.25, -0.2) is 4.79 Å². The van der Waals surface area contributed by atoms with Gasteiger partial charge in [0.25, 0.3) is 0 Å². The fourth-order valence-corrected chi connectivity index (χ4v) is 1.98. The lowest BCUT2D eigenvalue weighted by Gasteiger charge is -2.16. The Morgan fingerprint density at radius 2 is 1.59 bits per heavy atom. The Kier molecular flexibility index (Phi) is 9.09. The van der Waals surface area contributed by atoms with Crippen molar-refractivity contribution in [3.63, 3.8) is 0 Å². The first-order valence-electron chi connectivity index (χ1n) is 7.86. The van der Waals surface area contributed by atoms with Gasteiger partial charge < -0.3 is 20.8 Å². The average molecular weight is 411 g/mol. The number of aromatic hydroxyl groups is 1. The zero-order valence-corrected chi connectivity index (χ0v) is 16.7. The summed E-state index contributed by atoms with van der Waals surface area (Å²) >= 11 is 10.0. The summed E-state index contributed by atoms with van der Waals surface area (Å²) in [6.07, 6.45) is 0.187. The van der Waals surface area contributed by atoms with Crippen molar-refractivity contribution in [3.8, 4) is 5.75 Å². The van der Waals surface area contributed by atoms with Crippen molar-refractivity contribution in [3.05, 3.63) is 29.8 Å². The standard InChI is InChI=1S/C16H22N6O3S2/c1-9(19-21-15(26)17-3)10(2)20-22-16(27)18-13(14(24)25)8-11-4-6-12(23)7-5-11/h4-7,13,23H,8H2,1-3H3,(H,24,25)(H2,17,21,26)(H2,18,22,27)/b19-9+,20-10-. The van der Waals surface area contributed by atoms with E-state index >= 15 is 0 Å². The van der Waals surface area contributed by atoms with E-state index in [1.807, 2.05) is 0 Å². The minimum absolute atomic E-state index is 0.0621. The molecule has 0 saturated heterocycles. The van der Waals surface area contributed by atoms with Crippen LogP contribution < -0.4 is 21.5 Å². The first-order chi connectivity index (χ1) is 12.7. The van der Waals surface area contributed by atoms with Crippen molar-refractivity contribution in [1.82, 2.24) is 21.5 Å². The number of hydrazone groups is 2. The van der Waals surface area contributed by atoms with E-state index in [9.17, 15) is 15.0 Å². The molecule has 0 aliphatic heterocycles. The molecule has 146 valence electrons. The molecule has 1 rings (SSSR count). The Balaban J connectivity index is 2.64. The summed E-state index contributed by atoms with van der Waals surface area (Å²) in [5, 5.41) is 32.6. The number of thiocarbonyl (C=S) groups is 2. The lowest BCUT2D eigenvalue weighted by Crippen LogP contribution is -2.46. The van der Waals surface area contributed by atoms with Crippen LogP contribution in [-0.4, -0.2) is 50.9 Å². The predicted octanol–water partition coefficient (Wildman–Crippen LogP) is 0.698. The number of carboxylic acids is 1. The van der Waals surface area contributed by atoms with E-state index in [4.69, 9.17) is 24.4 Å². The molecule has 0 saturated carbocycles. The maximum absolute atomic E-state index is 11.4. The van der Waals surface area contributed by atoms with Gasteiger partial charge in [-0.2, -0.15) is 10.2 Å². The summed E-state index contributed by atoms with van der Waals surface area (Å²) in [7, 11) is 1.67. The van der Waals surface area contributed by atoms with Gasteiger partial charge in [0, 0.05) is 13.5 Å². The molecular formula is C16H22N6O3S2. The number of carbonyl (C=O) groups is 1. The number of hydrogen-bond donors (Lipinski definition) is 6. The molecule has 0 aliphatic carbocycles. The van der Waals surface area contributed by atoms with E-state index in [1.165, 1.54) is 12.1 Å². The van der Waals surface area contributed by atoms with Gasteiger partial charge in [-0.1, -0.05) is 12.1 Å². The van der Waals surface area contributed by atoms with Gasteiger partial charge in [-0.3, -0.25) is 10.9 Å². The minimum atomic E-state index is -1.06. The SMILES string of the molecule is CNC(=S)N/N=C(C)/C(C)=N\NC(=S)NC(Cc1ccc(O)cc1)C(=O)O. The normalized spacial score (nSPS) is 12.7. The second-order valence-corrected chi connectivity index (χ2v) is 6.25. The lowest BCUT2D eigenvalue weighted by atomic mass is 10.1. The van der Waals surface area contributed by atoms with E-state index in [0.717, 1.165) is 5.56 Å². The quantitative estimate of drug-likeness (QED) is 0.218. The Morgan fingerprint density at radius 1 is 1.07 bits per heavy atom. The molecule has 6 N–H and O–H groups in total. The Hall–Kier alpha value is -2.79. The summed E-state index contributed by atoms with van der Waals surface area (Å²) in [6, 6.07) is 5.33. The van der Waals surface area contributed by atoms with E-state index < -0.39 is 12.0 Å². The molecule has 0 aliphatic rings. The molecule has 0 fully saturated rings. The fraction of sp³-hybridized carbons (Fsp3) is 0.312. The number of phenols is 1. The van der Waals surface area contributed by atoms with E-state index in [1.54, 1.807) is 33.0 Å². The number of aliphatic carboxylic acids is 1. The van der Waals surface area contributed by atoms with Crippen molar-refractivity contribution in [1.29, 1.82) is 0 Å². The lowest BCUT2D eigenvalue weighted by molar-refractivity contribution is -0.139. The largest absolute Gasteiger partial charge is 0.508 e. The monoisotopic (exact) mass is 410 g/mol. The second kappa shape index (κ2) is 11.0. The molecule has 1 aromatic rings. The minimum Gasteiger partial charge on any atom is -0.508 e. The van der Waals surface area contributed by atoms with Crippen LogP contribution in [0.15, 0.2) is 34.5 Å². The Morgan fingerprint density at radius 3 is 2.07 bits per heavy atom. The molecule has 0 heterocycles. The van der Waals surface area contributed by atoms with Crippen LogP contribution in [-0.2, 0) is 11.2 Å². The molecule has 1 atom stereocenters. The molecule has 0 aromatic heterocycles. The number of nitrogens with one attached hydrogen (secondary N) is 4. The summed E-state index contributed by atoms with van der Waals surface area (Å²) in [5.41, 5.74) is 7.08. The first kappa shape index (κ1) is 22.3. The van der Waals surface area contributed by atoms with Crippen LogP contribution in [0.5, 0.6) is 5.75 Å². The van der Waals surface area contributed by atoms with Crippen LogP contribution in [0.2, 0.25) is 0 Å². The molecule has 1 unspecified atom stereocenters. The number of nitrogens with zero attached hydrogens (tertiary/aromatic N) is 2. The van der Waals surface area contributed by atoms with Gasteiger partial charge in [0.2, 0.25) is 0 Å². The van der Waals surface area contributed by atoms with Crippen molar-refractivity contribution >= 4 is 52.1 Å². The zero-order chi connectivity index (χ0) is 20.4. The Labute approximate surface area is 167 Å². The van der Waals surface area contributed by atoms with Crippen LogP contribution in [0.1, 0.15) is 19.4 Å². The molecule has 0 radical (unpaired) electrons. The molecule has 0 spiro atoms. The summed E-state index contributed by atoms with van der Waals surface area (Å²) < 4.78 is 0. The number of benzene rings is 1. The van der Waals surface area contributed by atoms with Gasteiger partial charge in [0.15, 0.2) is 10.2 Å².